The molecule has 3 fully saturated rings. The number of nitrogens with zero attached hydrogens (tertiary/aromatic N) is 5. The number of hydrogen-bond acceptors (Lipinski definition) is 9. The molecule has 5 heterocycles. The van der Waals surface area contributed by atoms with Crippen LogP contribution in [0.3, 0.4) is 0 Å². The Labute approximate surface area is 230 Å². The molecule has 0 spiro atoms. The van der Waals surface area contributed by atoms with Crippen LogP contribution in [0.5, 0.6) is 5.75 Å². The lowest BCUT2D eigenvalue weighted by atomic mass is 10.2. The number of amides is 1. The van der Waals surface area contributed by atoms with Crippen molar-refractivity contribution in [2.45, 2.75) is 63.8 Å². The van der Waals surface area contributed by atoms with E-state index in [1.807, 2.05) is 32.9 Å². The van der Waals surface area contributed by atoms with Crippen molar-refractivity contribution < 1.29 is 27.8 Å². The summed E-state index contributed by atoms with van der Waals surface area (Å²) in [5, 5.41) is 2.88. The fourth-order valence-electron chi connectivity index (χ4n) is 5.50. The van der Waals surface area contributed by atoms with E-state index in [9.17, 15) is 9.18 Å². The Bertz CT molecular complexity index is 1430. The van der Waals surface area contributed by atoms with Gasteiger partial charge in [-0.2, -0.15) is 4.39 Å². The maximum absolute atomic E-state index is 15.0. The molecule has 3 saturated heterocycles. The van der Waals surface area contributed by atoms with Crippen LogP contribution < -0.4 is 15.0 Å². The number of piperazine rings is 1. The predicted octanol–water partition coefficient (Wildman–Crippen LogP) is 4.80. The van der Waals surface area contributed by atoms with Gasteiger partial charge in [-0.1, -0.05) is 0 Å². The van der Waals surface area contributed by atoms with Crippen molar-refractivity contribution in [3.63, 3.8) is 0 Å². The largest absolute Gasteiger partial charge is 0.488 e. The van der Waals surface area contributed by atoms with Crippen molar-refractivity contribution in [2.75, 3.05) is 36.5 Å². The Morgan fingerprint density at radius 2 is 1.98 bits per heavy atom. The van der Waals surface area contributed by atoms with Gasteiger partial charge in [0.25, 0.3) is 0 Å². The van der Waals surface area contributed by atoms with E-state index in [2.05, 4.69) is 20.2 Å². The Morgan fingerprint density at radius 3 is 2.70 bits per heavy atom. The number of benzene rings is 1. The van der Waals surface area contributed by atoms with E-state index < -0.39 is 17.2 Å². The van der Waals surface area contributed by atoms with Crippen molar-refractivity contribution in [3.8, 4) is 5.75 Å². The topological polar surface area (TPSA) is 102 Å². The summed E-state index contributed by atoms with van der Waals surface area (Å²) in [7, 11) is 0. The highest BCUT2D eigenvalue weighted by Gasteiger charge is 2.47. The first-order valence-electron chi connectivity index (χ1n) is 13.5. The molecule has 212 valence electrons. The molecule has 3 aliphatic heterocycles. The van der Waals surface area contributed by atoms with Crippen LogP contribution in [-0.4, -0.2) is 76.0 Å². The minimum absolute atomic E-state index is 0.0278. The van der Waals surface area contributed by atoms with Crippen LogP contribution in [0.15, 0.2) is 30.6 Å². The highest BCUT2D eigenvalue weighted by atomic mass is 19.2. The minimum atomic E-state index is -1.09. The monoisotopic (exact) mass is 554 g/mol. The van der Waals surface area contributed by atoms with E-state index in [0.29, 0.717) is 36.5 Å². The maximum atomic E-state index is 15.0. The normalized spacial score (nSPS) is 22.3. The zero-order valence-corrected chi connectivity index (χ0v) is 22.7. The van der Waals surface area contributed by atoms with Crippen LogP contribution in [0.4, 0.5) is 30.9 Å². The van der Waals surface area contributed by atoms with Crippen molar-refractivity contribution in [2.24, 2.45) is 0 Å². The fraction of sp³-hybridized carbons (Fsp3) is 0.500. The fourth-order valence-corrected chi connectivity index (χ4v) is 5.50. The van der Waals surface area contributed by atoms with E-state index in [0.717, 1.165) is 19.3 Å². The first-order valence-corrected chi connectivity index (χ1v) is 13.5. The molecule has 1 aromatic carbocycles. The van der Waals surface area contributed by atoms with Crippen molar-refractivity contribution in [1.82, 2.24) is 19.9 Å². The third-order valence-corrected chi connectivity index (χ3v) is 7.38. The summed E-state index contributed by atoms with van der Waals surface area (Å²) in [6.45, 7) is 7.54. The Balaban J connectivity index is 1.19. The summed E-state index contributed by atoms with van der Waals surface area (Å²) in [4.78, 5) is 29.9. The molecule has 3 atom stereocenters. The first kappa shape index (κ1) is 26.4. The quantitative estimate of drug-likeness (QED) is 0.460. The van der Waals surface area contributed by atoms with Gasteiger partial charge in [0, 0.05) is 19.7 Å². The highest BCUT2D eigenvalue weighted by molar-refractivity contribution is 5.88. The Morgan fingerprint density at radius 1 is 1.12 bits per heavy atom. The second-order valence-electron chi connectivity index (χ2n) is 11.4. The van der Waals surface area contributed by atoms with Crippen LogP contribution in [-0.2, 0) is 9.47 Å². The molecule has 40 heavy (non-hydrogen) atoms. The van der Waals surface area contributed by atoms with Crippen LogP contribution in [0.25, 0.3) is 11.0 Å². The smallest absolute Gasteiger partial charge is 0.410 e. The van der Waals surface area contributed by atoms with Gasteiger partial charge in [-0.05, 0) is 64.3 Å². The highest BCUT2D eigenvalue weighted by Crippen LogP contribution is 2.36. The summed E-state index contributed by atoms with van der Waals surface area (Å²) in [6, 6.07) is 6.61. The first-order chi connectivity index (χ1) is 19.2. The molecule has 3 aromatic rings. The molecule has 10 nitrogen and oxygen atoms in total. The van der Waals surface area contributed by atoms with Crippen molar-refractivity contribution in [3.05, 3.63) is 42.2 Å². The Hall–Kier alpha value is -3.80. The molecule has 0 unspecified atom stereocenters. The predicted molar refractivity (Wildman–Crippen MR) is 144 cm³/mol. The Kier molecular flexibility index (Phi) is 6.81. The third kappa shape index (κ3) is 5.19. The number of carbonyl (C=O) groups excluding carboxylic acids is 1. The standard InChI is InChI=1S/C28H32F2N6O4/c1-28(2,3)40-27(37)36-13-16-11-17(36)12-35(16)22-9-7-20-25(34-22)26(32-15-31-20)33-19-6-8-21(24(30)23(19)29)39-14-18-5-4-10-38-18/h6-9,15-18H,4-5,10-14H2,1-3H3,(H,31,32,33)/t16-,17-,18-/m0/s1. The molecule has 3 aliphatic rings. The lowest BCUT2D eigenvalue weighted by Crippen LogP contribution is -2.50. The number of pyridine rings is 1. The molecule has 0 saturated carbocycles. The molecule has 1 amide bonds. The van der Waals surface area contributed by atoms with Gasteiger partial charge < -0.3 is 29.3 Å². The molecule has 12 heteroatoms. The van der Waals surface area contributed by atoms with Gasteiger partial charge in [-0.25, -0.2) is 24.1 Å². The average molecular weight is 555 g/mol. The second-order valence-corrected chi connectivity index (χ2v) is 11.4. The van der Waals surface area contributed by atoms with Crippen LogP contribution in [0, 0.1) is 11.6 Å². The maximum Gasteiger partial charge on any atom is 0.410 e. The number of halogens is 2. The number of likely N-dealkylation sites (tertiary alicyclic amines) is 1. The number of anilines is 3. The van der Waals surface area contributed by atoms with Gasteiger partial charge in [0.05, 0.1) is 29.4 Å². The number of rotatable bonds is 6. The average Bonchev–Trinajstić information content (AvgIpc) is 3.68. The molecule has 1 N–H and O–H groups in total. The summed E-state index contributed by atoms with van der Waals surface area (Å²) in [5.74, 6) is -1.38. The number of fused-ring (bicyclic) bond motifs is 3. The molecule has 2 bridgehead atoms. The van der Waals surface area contributed by atoms with Gasteiger partial charge in [-0.3, -0.25) is 0 Å². The molecular formula is C28H32F2N6O4. The minimum Gasteiger partial charge on any atom is -0.488 e. The van der Waals surface area contributed by atoms with Crippen LogP contribution in [0.1, 0.15) is 40.0 Å². The zero-order chi connectivity index (χ0) is 28.0. The summed E-state index contributed by atoms with van der Waals surface area (Å²) in [6.07, 6.45) is 3.51. The SMILES string of the molecule is CC(C)(C)OC(=O)N1C[C@@H]2C[C@H]1CN2c1ccc2ncnc(Nc3ccc(OC[C@@H]4CCCO4)c(F)c3F)c2n1. The molecular weight excluding hydrogens is 522 g/mol. The molecule has 0 aliphatic carbocycles. The summed E-state index contributed by atoms with van der Waals surface area (Å²) in [5.41, 5.74) is 0.327. The van der Waals surface area contributed by atoms with E-state index in [4.69, 9.17) is 19.2 Å². The van der Waals surface area contributed by atoms with Crippen molar-refractivity contribution >= 4 is 34.4 Å². The summed E-state index contributed by atoms with van der Waals surface area (Å²) < 4.78 is 46.4. The van der Waals surface area contributed by atoms with E-state index in [-0.39, 0.29) is 48.1 Å². The van der Waals surface area contributed by atoms with Gasteiger partial charge in [0.15, 0.2) is 17.4 Å². The number of hydrogen-bond donors (Lipinski definition) is 1. The zero-order valence-electron chi connectivity index (χ0n) is 22.7. The van der Waals surface area contributed by atoms with E-state index >= 15 is 4.39 Å². The van der Waals surface area contributed by atoms with E-state index in [1.54, 1.807) is 4.90 Å². The third-order valence-electron chi connectivity index (χ3n) is 7.38. The van der Waals surface area contributed by atoms with Gasteiger partial charge >= 0.3 is 6.09 Å². The molecule has 2 aromatic heterocycles. The molecule has 6 rings (SSSR count). The lowest BCUT2D eigenvalue weighted by molar-refractivity contribution is 0.0214. The van der Waals surface area contributed by atoms with Crippen LogP contribution >= 0.6 is 0 Å². The summed E-state index contributed by atoms with van der Waals surface area (Å²) >= 11 is 0. The number of aromatic nitrogens is 3. The number of carbonyl (C=O) groups is 1. The molecule has 0 radical (unpaired) electrons. The van der Waals surface area contributed by atoms with Gasteiger partial charge in [0.2, 0.25) is 5.82 Å². The lowest BCUT2D eigenvalue weighted by Gasteiger charge is -2.35. The van der Waals surface area contributed by atoms with Crippen LogP contribution in [0.2, 0.25) is 0 Å². The second kappa shape index (κ2) is 10.3. The number of ether oxygens (including phenoxy) is 3. The van der Waals surface area contributed by atoms with Crippen molar-refractivity contribution in [1.29, 1.82) is 0 Å². The van der Waals surface area contributed by atoms with Gasteiger partial charge in [0.1, 0.15) is 29.9 Å². The number of nitrogens with one attached hydrogen (secondary N) is 1. The van der Waals surface area contributed by atoms with E-state index in [1.165, 1.54) is 18.5 Å². The van der Waals surface area contributed by atoms with Gasteiger partial charge in [-0.15, -0.1) is 0 Å².